The molecule has 0 aliphatic carbocycles. The van der Waals surface area contributed by atoms with Crippen LogP contribution in [0.25, 0.3) is 0 Å². The average Bonchev–Trinajstić information content (AvgIpc) is 2.36. The summed E-state index contributed by atoms with van der Waals surface area (Å²) in [6, 6.07) is 4.58. The van der Waals surface area contributed by atoms with Gasteiger partial charge in [0.25, 0.3) is 0 Å². The van der Waals surface area contributed by atoms with Gasteiger partial charge in [0.2, 0.25) is 0 Å². The van der Waals surface area contributed by atoms with E-state index in [0.717, 1.165) is 12.8 Å². The molecule has 0 spiro atoms. The van der Waals surface area contributed by atoms with E-state index in [1.54, 1.807) is 12.1 Å². The van der Waals surface area contributed by atoms with Crippen molar-refractivity contribution in [1.82, 2.24) is 0 Å². The molecule has 102 valence electrons. The Labute approximate surface area is 114 Å². The van der Waals surface area contributed by atoms with Gasteiger partial charge in [0, 0.05) is 5.56 Å². The van der Waals surface area contributed by atoms with Gasteiger partial charge in [0.05, 0.1) is 11.1 Å². The lowest BCUT2D eigenvalue weighted by Crippen LogP contribution is -1.99. The van der Waals surface area contributed by atoms with Crippen LogP contribution >= 0.6 is 11.6 Å². The summed E-state index contributed by atoms with van der Waals surface area (Å²) in [6.07, 6.45) is 7.04. The summed E-state index contributed by atoms with van der Waals surface area (Å²) >= 11 is 5.83. The molecule has 0 saturated carbocycles. The van der Waals surface area contributed by atoms with Crippen molar-refractivity contribution in [2.45, 2.75) is 58.0 Å². The lowest BCUT2D eigenvalue weighted by Gasteiger charge is -2.12. The maximum Gasteiger partial charge on any atom is 0.142 e. The van der Waals surface area contributed by atoms with Crippen LogP contribution < -0.4 is 0 Å². The van der Waals surface area contributed by atoms with E-state index in [0.29, 0.717) is 12.0 Å². The van der Waals surface area contributed by atoms with Crippen molar-refractivity contribution in [2.24, 2.45) is 0 Å². The Morgan fingerprint density at radius 2 is 1.83 bits per heavy atom. The Morgan fingerprint density at radius 1 is 1.17 bits per heavy atom. The van der Waals surface area contributed by atoms with Gasteiger partial charge in [0.1, 0.15) is 5.82 Å². The first kappa shape index (κ1) is 15.5. The van der Waals surface area contributed by atoms with E-state index in [-0.39, 0.29) is 5.02 Å². The summed E-state index contributed by atoms with van der Waals surface area (Å²) in [5, 5.41) is 10.0. The van der Waals surface area contributed by atoms with Crippen LogP contribution in [0.2, 0.25) is 5.02 Å². The topological polar surface area (TPSA) is 20.2 Å². The van der Waals surface area contributed by atoms with Gasteiger partial charge in [-0.15, -0.1) is 0 Å². The van der Waals surface area contributed by atoms with Crippen LogP contribution in [0.15, 0.2) is 18.2 Å². The second-order valence-corrected chi connectivity index (χ2v) is 5.09. The van der Waals surface area contributed by atoms with E-state index >= 15 is 0 Å². The van der Waals surface area contributed by atoms with Gasteiger partial charge in [0.15, 0.2) is 0 Å². The first-order chi connectivity index (χ1) is 8.66. The van der Waals surface area contributed by atoms with Gasteiger partial charge in [-0.2, -0.15) is 0 Å². The SMILES string of the molecule is CCCCCCCCC(O)c1cccc(F)c1Cl. The first-order valence-corrected chi connectivity index (χ1v) is 7.16. The van der Waals surface area contributed by atoms with E-state index in [9.17, 15) is 9.50 Å². The van der Waals surface area contributed by atoms with Crippen LogP contribution in [0, 0.1) is 5.82 Å². The van der Waals surface area contributed by atoms with Gasteiger partial charge in [-0.3, -0.25) is 0 Å². The molecule has 1 atom stereocenters. The number of unbranched alkanes of at least 4 members (excludes halogenated alkanes) is 5. The van der Waals surface area contributed by atoms with Crippen molar-refractivity contribution in [2.75, 3.05) is 0 Å². The molecule has 0 aromatic heterocycles. The van der Waals surface area contributed by atoms with E-state index in [2.05, 4.69) is 6.92 Å². The predicted octanol–water partition coefficient (Wildman–Crippen LogP) is 5.26. The molecule has 1 aromatic rings. The van der Waals surface area contributed by atoms with Gasteiger partial charge < -0.3 is 5.11 Å². The fraction of sp³-hybridized carbons (Fsp3) is 0.600. The summed E-state index contributed by atoms with van der Waals surface area (Å²) in [4.78, 5) is 0. The number of hydrogen-bond donors (Lipinski definition) is 1. The second-order valence-electron chi connectivity index (χ2n) is 4.72. The van der Waals surface area contributed by atoms with Crippen LogP contribution in [0.5, 0.6) is 0 Å². The molecule has 1 N–H and O–H groups in total. The number of hydrogen-bond acceptors (Lipinski definition) is 1. The molecule has 0 aliphatic heterocycles. The Balaban J connectivity index is 2.32. The highest BCUT2D eigenvalue weighted by Crippen LogP contribution is 2.28. The average molecular weight is 273 g/mol. The normalized spacial score (nSPS) is 12.7. The molecule has 3 heteroatoms. The summed E-state index contributed by atoms with van der Waals surface area (Å²) < 4.78 is 13.2. The van der Waals surface area contributed by atoms with Crippen LogP contribution in [-0.2, 0) is 0 Å². The Hall–Kier alpha value is -0.600. The molecule has 0 fully saturated rings. The maximum absolute atomic E-state index is 13.2. The third-order valence-corrected chi connectivity index (χ3v) is 3.57. The van der Waals surface area contributed by atoms with Gasteiger partial charge in [-0.1, -0.05) is 69.2 Å². The zero-order valence-corrected chi connectivity index (χ0v) is 11.7. The van der Waals surface area contributed by atoms with Crippen molar-refractivity contribution in [1.29, 1.82) is 0 Å². The Kier molecular flexibility index (Phi) is 7.29. The van der Waals surface area contributed by atoms with E-state index < -0.39 is 11.9 Å². The third kappa shape index (κ3) is 4.95. The molecule has 0 bridgehead atoms. The minimum atomic E-state index is -0.653. The smallest absolute Gasteiger partial charge is 0.142 e. The lowest BCUT2D eigenvalue weighted by molar-refractivity contribution is 0.163. The van der Waals surface area contributed by atoms with Crippen molar-refractivity contribution in [3.05, 3.63) is 34.6 Å². The molecule has 0 aliphatic rings. The molecule has 0 saturated heterocycles. The highest BCUT2D eigenvalue weighted by molar-refractivity contribution is 6.31. The zero-order valence-electron chi connectivity index (χ0n) is 11.0. The summed E-state index contributed by atoms with van der Waals surface area (Å²) in [5.74, 6) is -0.462. The highest BCUT2D eigenvalue weighted by Gasteiger charge is 2.13. The number of aliphatic hydroxyl groups excluding tert-OH is 1. The molecule has 0 heterocycles. The van der Waals surface area contributed by atoms with Crippen molar-refractivity contribution >= 4 is 11.6 Å². The maximum atomic E-state index is 13.2. The van der Waals surface area contributed by atoms with Crippen LogP contribution in [0.4, 0.5) is 4.39 Å². The fourth-order valence-electron chi connectivity index (χ4n) is 2.05. The summed E-state index contributed by atoms with van der Waals surface area (Å²) in [7, 11) is 0. The van der Waals surface area contributed by atoms with Gasteiger partial charge in [-0.05, 0) is 12.5 Å². The van der Waals surface area contributed by atoms with Gasteiger partial charge in [-0.25, -0.2) is 4.39 Å². The minimum absolute atomic E-state index is 0.0518. The van der Waals surface area contributed by atoms with Crippen LogP contribution in [-0.4, -0.2) is 5.11 Å². The Bertz CT molecular complexity index is 354. The number of halogens is 2. The quantitative estimate of drug-likeness (QED) is 0.640. The van der Waals surface area contributed by atoms with Crippen molar-refractivity contribution < 1.29 is 9.50 Å². The fourth-order valence-corrected chi connectivity index (χ4v) is 2.30. The molecule has 1 aromatic carbocycles. The molecular weight excluding hydrogens is 251 g/mol. The van der Waals surface area contributed by atoms with E-state index in [4.69, 9.17) is 11.6 Å². The van der Waals surface area contributed by atoms with E-state index in [1.807, 2.05) is 0 Å². The second kappa shape index (κ2) is 8.49. The highest BCUT2D eigenvalue weighted by atomic mass is 35.5. The first-order valence-electron chi connectivity index (χ1n) is 6.78. The minimum Gasteiger partial charge on any atom is -0.388 e. The number of benzene rings is 1. The van der Waals surface area contributed by atoms with E-state index in [1.165, 1.54) is 31.7 Å². The molecule has 1 rings (SSSR count). The summed E-state index contributed by atoms with van der Waals surface area (Å²) in [6.45, 7) is 2.19. The monoisotopic (exact) mass is 272 g/mol. The zero-order chi connectivity index (χ0) is 13.4. The Morgan fingerprint density at radius 3 is 2.56 bits per heavy atom. The number of rotatable bonds is 8. The standard InChI is InChI=1S/C15H22ClFO/c1-2-3-4-5-6-7-11-14(18)12-9-8-10-13(17)15(12)16/h8-10,14,18H,2-7,11H2,1H3. The lowest BCUT2D eigenvalue weighted by atomic mass is 10.0. The number of aliphatic hydroxyl groups is 1. The van der Waals surface area contributed by atoms with Crippen molar-refractivity contribution in [3.63, 3.8) is 0 Å². The van der Waals surface area contributed by atoms with Crippen LogP contribution in [0.1, 0.15) is 63.5 Å². The molecular formula is C15H22ClFO. The van der Waals surface area contributed by atoms with Gasteiger partial charge >= 0.3 is 0 Å². The molecule has 1 unspecified atom stereocenters. The molecule has 1 nitrogen and oxygen atoms in total. The molecule has 0 radical (unpaired) electrons. The molecule has 18 heavy (non-hydrogen) atoms. The molecule has 0 amide bonds. The van der Waals surface area contributed by atoms with Crippen LogP contribution in [0.3, 0.4) is 0 Å². The van der Waals surface area contributed by atoms with Crippen molar-refractivity contribution in [3.8, 4) is 0 Å². The largest absolute Gasteiger partial charge is 0.388 e. The third-order valence-electron chi connectivity index (χ3n) is 3.17. The summed E-state index contributed by atoms with van der Waals surface area (Å²) in [5.41, 5.74) is 0.505. The predicted molar refractivity (Wildman–Crippen MR) is 74.4 cm³/mol.